The number of nitrogens with two attached hydrogens (primary N) is 1. The average molecular weight is 377 g/mol. The third-order valence-electron chi connectivity index (χ3n) is 4.57. The van der Waals surface area contributed by atoms with E-state index in [-0.39, 0.29) is 6.54 Å². The molecule has 0 radical (unpaired) electrons. The first-order valence-corrected chi connectivity index (χ1v) is 8.54. The second-order valence-electron chi connectivity index (χ2n) is 6.31. The van der Waals surface area contributed by atoms with Crippen LogP contribution < -0.4 is 10.6 Å². The van der Waals surface area contributed by atoms with Gasteiger partial charge in [0.1, 0.15) is 0 Å². The fourth-order valence-electron chi connectivity index (χ4n) is 3.24. The van der Waals surface area contributed by atoms with Crippen LogP contribution in [-0.2, 0) is 17.5 Å². The van der Waals surface area contributed by atoms with Crippen molar-refractivity contribution in [2.45, 2.75) is 12.7 Å². The molecule has 0 aliphatic carbocycles. The maximum absolute atomic E-state index is 13.3. The standard InChI is InChI=1S/C18H18F3N5O/c19-18(20,21)14-8-12(10-22)7-13(9-14)15-11-24-17-16(23-1-2-26(15)17)25-3-5-27-6-4-25/h1-2,7-9,11H,3-6,10,22H2. The zero-order valence-electron chi connectivity index (χ0n) is 14.4. The average Bonchev–Trinajstić information content (AvgIpc) is 3.12. The zero-order valence-corrected chi connectivity index (χ0v) is 14.4. The summed E-state index contributed by atoms with van der Waals surface area (Å²) in [5.41, 5.74) is 6.86. The van der Waals surface area contributed by atoms with Crippen LogP contribution in [0.2, 0.25) is 0 Å². The SMILES string of the molecule is NCc1cc(-c2cnc3c(N4CCOCC4)nccn23)cc(C(F)(F)F)c1. The fourth-order valence-corrected chi connectivity index (χ4v) is 3.24. The minimum Gasteiger partial charge on any atom is -0.378 e. The van der Waals surface area contributed by atoms with Gasteiger partial charge in [0.25, 0.3) is 0 Å². The lowest BCUT2D eigenvalue weighted by atomic mass is 10.0. The van der Waals surface area contributed by atoms with Gasteiger partial charge in [0.2, 0.25) is 0 Å². The molecular formula is C18H18F3N5O. The molecule has 6 nitrogen and oxygen atoms in total. The molecule has 1 aliphatic heterocycles. The van der Waals surface area contributed by atoms with E-state index < -0.39 is 11.7 Å². The second kappa shape index (κ2) is 6.82. The van der Waals surface area contributed by atoms with Crippen molar-refractivity contribution in [1.82, 2.24) is 14.4 Å². The van der Waals surface area contributed by atoms with E-state index in [9.17, 15) is 13.2 Å². The van der Waals surface area contributed by atoms with Gasteiger partial charge in [0.05, 0.1) is 30.7 Å². The molecule has 1 fully saturated rings. The Kier molecular flexibility index (Phi) is 4.48. The molecule has 142 valence electrons. The topological polar surface area (TPSA) is 68.7 Å². The van der Waals surface area contributed by atoms with Gasteiger partial charge < -0.3 is 15.4 Å². The Bertz CT molecular complexity index is 963. The number of rotatable bonds is 3. The van der Waals surface area contributed by atoms with Gasteiger partial charge in [-0.25, -0.2) is 9.97 Å². The Morgan fingerprint density at radius 1 is 1.11 bits per heavy atom. The van der Waals surface area contributed by atoms with Crippen LogP contribution >= 0.6 is 0 Å². The Hall–Kier alpha value is -2.65. The van der Waals surface area contributed by atoms with Crippen molar-refractivity contribution in [3.63, 3.8) is 0 Å². The smallest absolute Gasteiger partial charge is 0.378 e. The highest BCUT2D eigenvalue weighted by Gasteiger charge is 2.31. The molecule has 0 atom stereocenters. The van der Waals surface area contributed by atoms with E-state index in [0.29, 0.717) is 54.6 Å². The first kappa shape index (κ1) is 17.7. The van der Waals surface area contributed by atoms with E-state index in [4.69, 9.17) is 10.5 Å². The van der Waals surface area contributed by atoms with E-state index in [1.807, 2.05) is 0 Å². The van der Waals surface area contributed by atoms with E-state index >= 15 is 0 Å². The highest BCUT2D eigenvalue weighted by atomic mass is 19.4. The van der Waals surface area contributed by atoms with Crippen molar-refractivity contribution in [1.29, 1.82) is 0 Å². The van der Waals surface area contributed by atoms with Gasteiger partial charge in [0.15, 0.2) is 11.5 Å². The number of hydrogen-bond acceptors (Lipinski definition) is 5. The molecule has 1 aromatic carbocycles. The van der Waals surface area contributed by atoms with Gasteiger partial charge in [-0.15, -0.1) is 0 Å². The van der Waals surface area contributed by atoms with E-state index in [2.05, 4.69) is 14.9 Å². The maximum Gasteiger partial charge on any atom is 0.416 e. The number of halogens is 3. The van der Waals surface area contributed by atoms with Gasteiger partial charge in [-0.2, -0.15) is 13.2 Å². The Morgan fingerprint density at radius 3 is 2.59 bits per heavy atom. The van der Waals surface area contributed by atoms with Crippen molar-refractivity contribution in [2.24, 2.45) is 5.73 Å². The quantitative estimate of drug-likeness (QED) is 0.760. The number of alkyl halides is 3. The van der Waals surface area contributed by atoms with Crippen LogP contribution in [0.3, 0.4) is 0 Å². The molecule has 0 unspecified atom stereocenters. The molecule has 0 spiro atoms. The number of aromatic nitrogens is 3. The first-order valence-electron chi connectivity index (χ1n) is 8.54. The van der Waals surface area contributed by atoms with Crippen LogP contribution in [0.5, 0.6) is 0 Å². The van der Waals surface area contributed by atoms with Crippen LogP contribution in [0.1, 0.15) is 11.1 Å². The minimum atomic E-state index is -4.44. The first-order chi connectivity index (χ1) is 13.0. The maximum atomic E-state index is 13.3. The molecule has 0 saturated carbocycles. The number of ether oxygens (including phenoxy) is 1. The summed E-state index contributed by atoms with van der Waals surface area (Å²) in [6, 6.07) is 3.86. The molecule has 3 heterocycles. The summed E-state index contributed by atoms with van der Waals surface area (Å²) in [5.74, 6) is 0.693. The lowest BCUT2D eigenvalue weighted by molar-refractivity contribution is -0.137. The molecule has 1 aliphatic rings. The number of nitrogens with zero attached hydrogens (tertiary/aromatic N) is 4. The number of anilines is 1. The normalized spacial score (nSPS) is 15.5. The number of benzene rings is 1. The number of morpholine rings is 1. The molecule has 2 N–H and O–H groups in total. The summed E-state index contributed by atoms with van der Waals surface area (Å²) < 4.78 is 46.9. The van der Waals surface area contributed by atoms with Crippen LogP contribution in [0, 0.1) is 0 Å². The van der Waals surface area contributed by atoms with Crippen molar-refractivity contribution in [2.75, 3.05) is 31.2 Å². The van der Waals surface area contributed by atoms with Crippen molar-refractivity contribution in [3.8, 4) is 11.3 Å². The lowest BCUT2D eigenvalue weighted by Gasteiger charge is -2.27. The van der Waals surface area contributed by atoms with Crippen LogP contribution in [0.15, 0.2) is 36.8 Å². The molecular weight excluding hydrogens is 359 g/mol. The molecule has 2 aromatic heterocycles. The van der Waals surface area contributed by atoms with Crippen molar-refractivity contribution in [3.05, 3.63) is 47.9 Å². The Balaban J connectivity index is 1.83. The Morgan fingerprint density at radius 2 is 1.89 bits per heavy atom. The monoisotopic (exact) mass is 377 g/mol. The molecule has 27 heavy (non-hydrogen) atoms. The molecule has 1 saturated heterocycles. The summed E-state index contributed by atoms with van der Waals surface area (Å²) in [6.07, 6.45) is 0.447. The second-order valence-corrected chi connectivity index (χ2v) is 6.31. The van der Waals surface area contributed by atoms with Gasteiger partial charge in [-0.3, -0.25) is 4.40 Å². The Labute approximate surface area is 153 Å². The number of imidazole rings is 1. The minimum absolute atomic E-state index is 0.0221. The third kappa shape index (κ3) is 3.35. The molecule has 3 aromatic rings. The van der Waals surface area contributed by atoms with E-state index in [1.54, 1.807) is 29.1 Å². The fraction of sp³-hybridized carbons (Fsp3) is 0.333. The third-order valence-corrected chi connectivity index (χ3v) is 4.57. The number of fused-ring (bicyclic) bond motifs is 1. The highest BCUT2D eigenvalue weighted by molar-refractivity contribution is 5.72. The summed E-state index contributed by atoms with van der Waals surface area (Å²) >= 11 is 0. The molecule has 9 heteroatoms. The van der Waals surface area contributed by atoms with Gasteiger partial charge in [-0.05, 0) is 23.8 Å². The number of hydrogen-bond donors (Lipinski definition) is 1. The largest absolute Gasteiger partial charge is 0.416 e. The predicted molar refractivity (Wildman–Crippen MR) is 94.3 cm³/mol. The van der Waals surface area contributed by atoms with E-state index in [0.717, 1.165) is 12.1 Å². The van der Waals surface area contributed by atoms with Gasteiger partial charge >= 0.3 is 6.18 Å². The lowest BCUT2D eigenvalue weighted by Crippen LogP contribution is -2.37. The predicted octanol–water partition coefficient (Wildman–Crippen LogP) is 2.71. The van der Waals surface area contributed by atoms with Gasteiger partial charge in [-0.1, -0.05) is 0 Å². The van der Waals surface area contributed by atoms with Crippen LogP contribution in [0.4, 0.5) is 19.0 Å². The highest BCUT2D eigenvalue weighted by Crippen LogP contribution is 2.34. The summed E-state index contributed by atoms with van der Waals surface area (Å²) in [7, 11) is 0. The molecule has 0 amide bonds. The zero-order chi connectivity index (χ0) is 19.0. The molecule has 4 rings (SSSR count). The van der Waals surface area contributed by atoms with E-state index in [1.165, 1.54) is 0 Å². The molecule has 0 bridgehead atoms. The van der Waals surface area contributed by atoms with Crippen LogP contribution in [-0.4, -0.2) is 40.7 Å². The summed E-state index contributed by atoms with van der Waals surface area (Å²) in [5, 5.41) is 0. The van der Waals surface area contributed by atoms with Crippen molar-refractivity contribution >= 4 is 11.5 Å². The van der Waals surface area contributed by atoms with Crippen LogP contribution in [0.25, 0.3) is 16.9 Å². The summed E-state index contributed by atoms with van der Waals surface area (Å²) in [4.78, 5) is 10.9. The van der Waals surface area contributed by atoms with Gasteiger partial charge in [0, 0.05) is 37.6 Å². The van der Waals surface area contributed by atoms with Crippen molar-refractivity contribution < 1.29 is 17.9 Å². The summed E-state index contributed by atoms with van der Waals surface area (Å²) in [6.45, 7) is 2.60.